The summed E-state index contributed by atoms with van der Waals surface area (Å²) in [5.41, 5.74) is 1.34. The van der Waals surface area contributed by atoms with Gasteiger partial charge in [-0.2, -0.15) is 5.10 Å². The number of aromatic nitrogens is 2. The van der Waals surface area contributed by atoms with E-state index in [-0.39, 0.29) is 11.8 Å². The lowest BCUT2D eigenvalue weighted by Crippen LogP contribution is -2.46. The fourth-order valence-corrected chi connectivity index (χ4v) is 4.96. The lowest BCUT2D eigenvalue weighted by molar-refractivity contribution is -0.124. The molecule has 3 aromatic rings. The summed E-state index contributed by atoms with van der Waals surface area (Å²) >= 11 is 1.79. The monoisotopic (exact) mass is 455 g/mol. The van der Waals surface area contributed by atoms with Gasteiger partial charge in [0.25, 0.3) is 0 Å². The number of aryl methyl sites for hydroxylation is 1. The molecule has 1 aliphatic heterocycles. The Hall–Kier alpha value is -2.91. The van der Waals surface area contributed by atoms with Crippen molar-refractivity contribution in [2.24, 2.45) is 7.05 Å². The van der Waals surface area contributed by atoms with Crippen molar-refractivity contribution in [2.45, 2.75) is 20.3 Å². The van der Waals surface area contributed by atoms with Crippen LogP contribution in [0.3, 0.4) is 0 Å². The second-order valence-corrected chi connectivity index (χ2v) is 8.93. The highest BCUT2D eigenvalue weighted by atomic mass is 32.1. The summed E-state index contributed by atoms with van der Waals surface area (Å²) in [6, 6.07) is 10.4. The Morgan fingerprint density at radius 3 is 2.59 bits per heavy atom. The summed E-state index contributed by atoms with van der Waals surface area (Å²) in [6.07, 6.45) is 0.893. The lowest BCUT2D eigenvalue weighted by Gasteiger charge is -2.36. The molecule has 1 fully saturated rings. The van der Waals surface area contributed by atoms with Crippen molar-refractivity contribution in [3.05, 3.63) is 35.7 Å². The van der Waals surface area contributed by atoms with Gasteiger partial charge in [-0.1, -0.05) is 6.07 Å². The van der Waals surface area contributed by atoms with Gasteiger partial charge in [-0.3, -0.25) is 14.5 Å². The summed E-state index contributed by atoms with van der Waals surface area (Å²) in [6.45, 7) is 8.31. The Morgan fingerprint density at radius 2 is 1.88 bits per heavy atom. The number of benzene rings is 1. The number of thiophene rings is 1. The molecule has 32 heavy (non-hydrogen) atoms. The quantitative estimate of drug-likeness (QED) is 0.510. The minimum absolute atomic E-state index is 0.291. The minimum Gasteiger partial charge on any atom is -0.478 e. The van der Waals surface area contributed by atoms with Gasteiger partial charge in [-0.15, -0.1) is 11.3 Å². The lowest BCUT2D eigenvalue weighted by atomic mass is 10.2. The van der Waals surface area contributed by atoms with E-state index < -0.39 is 0 Å². The predicted molar refractivity (Wildman–Crippen MR) is 128 cm³/mol. The Balaban J connectivity index is 1.24. The number of carbonyl (C=O) groups excluding carboxylic acids is 2. The number of fused-ring (bicyclic) bond motifs is 1. The summed E-state index contributed by atoms with van der Waals surface area (Å²) in [4.78, 5) is 29.4. The first-order valence-electron chi connectivity index (χ1n) is 10.9. The van der Waals surface area contributed by atoms with Gasteiger partial charge >= 0.3 is 0 Å². The molecule has 9 heteroatoms. The van der Waals surface area contributed by atoms with Crippen LogP contribution in [0.25, 0.3) is 10.1 Å². The predicted octanol–water partition coefficient (Wildman–Crippen LogP) is 3.13. The second-order valence-electron chi connectivity index (χ2n) is 7.98. The smallest absolute Gasteiger partial charge is 0.231 e. The SMILES string of the molecule is CC(=O)N(C(C)=O)c1cc(OCCCN2CCN(c3cccc4sccc34)CC2)n(C)n1. The van der Waals surface area contributed by atoms with Crippen molar-refractivity contribution in [3.8, 4) is 5.88 Å². The number of hydrogen-bond donors (Lipinski definition) is 0. The molecule has 0 bridgehead atoms. The highest BCUT2D eigenvalue weighted by Crippen LogP contribution is 2.31. The Kier molecular flexibility index (Phi) is 6.76. The topological polar surface area (TPSA) is 70.9 Å². The Morgan fingerprint density at radius 1 is 1.12 bits per heavy atom. The van der Waals surface area contributed by atoms with Crippen LogP contribution in [0.1, 0.15) is 20.3 Å². The fraction of sp³-hybridized carbons (Fsp3) is 0.435. The summed E-state index contributed by atoms with van der Waals surface area (Å²) in [5.74, 6) is 0.105. The molecule has 1 saturated heterocycles. The number of ether oxygens (including phenoxy) is 1. The van der Waals surface area contributed by atoms with Crippen LogP contribution < -0.4 is 14.5 Å². The molecule has 0 N–H and O–H groups in total. The zero-order valence-electron chi connectivity index (χ0n) is 18.8. The number of piperazine rings is 1. The maximum absolute atomic E-state index is 11.7. The van der Waals surface area contributed by atoms with E-state index in [0.717, 1.165) is 44.0 Å². The molecule has 2 aromatic heterocycles. The summed E-state index contributed by atoms with van der Waals surface area (Å²) in [7, 11) is 1.74. The molecular weight excluding hydrogens is 426 g/mol. The number of hydrogen-bond acceptors (Lipinski definition) is 7. The molecule has 0 aliphatic carbocycles. The molecule has 4 rings (SSSR count). The van der Waals surface area contributed by atoms with Gasteiger partial charge in [0.15, 0.2) is 5.82 Å². The number of carbonyl (C=O) groups is 2. The highest BCUT2D eigenvalue weighted by molar-refractivity contribution is 7.17. The van der Waals surface area contributed by atoms with Crippen molar-refractivity contribution in [1.82, 2.24) is 14.7 Å². The Labute approximate surface area is 192 Å². The van der Waals surface area contributed by atoms with Gasteiger partial charge in [-0.25, -0.2) is 9.58 Å². The van der Waals surface area contributed by atoms with E-state index in [1.165, 1.54) is 29.6 Å². The number of amides is 2. The highest BCUT2D eigenvalue weighted by Gasteiger charge is 2.21. The molecule has 0 atom stereocenters. The van der Waals surface area contributed by atoms with Gasteiger partial charge in [0.2, 0.25) is 17.7 Å². The molecule has 0 unspecified atom stereocenters. The number of nitrogens with zero attached hydrogens (tertiary/aromatic N) is 5. The largest absolute Gasteiger partial charge is 0.478 e. The average Bonchev–Trinajstić information content (AvgIpc) is 3.37. The van der Waals surface area contributed by atoms with Crippen LogP contribution in [0.4, 0.5) is 11.5 Å². The maximum atomic E-state index is 11.7. The van der Waals surface area contributed by atoms with Crippen molar-refractivity contribution in [3.63, 3.8) is 0 Å². The van der Waals surface area contributed by atoms with E-state index in [1.54, 1.807) is 29.1 Å². The molecule has 8 nitrogen and oxygen atoms in total. The third-order valence-corrected chi connectivity index (χ3v) is 6.62. The van der Waals surface area contributed by atoms with Crippen LogP contribution in [0, 0.1) is 0 Å². The molecule has 170 valence electrons. The molecular formula is C23H29N5O3S. The molecule has 0 saturated carbocycles. The standard InChI is InChI=1S/C23H29N5O3S/c1-17(29)28(18(2)30)22-16-23(25(3)24-22)31-14-5-9-26-10-12-27(13-11-26)20-6-4-7-21-19(20)8-15-32-21/h4,6-8,15-16H,5,9-14H2,1-3H3. The van der Waals surface area contributed by atoms with Crippen molar-refractivity contribution >= 4 is 44.7 Å². The van der Waals surface area contributed by atoms with E-state index in [2.05, 4.69) is 44.5 Å². The van der Waals surface area contributed by atoms with Gasteiger partial charge in [0, 0.05) is 75.5 Å². The third kappa shape index (κ3) is 4.78. The minimum atomic E-state index is -0.364. The van der Waals surface area contributed by atoms with E-state index in [9.17, 15) is 9.59 Å². The second kappa shape index (κ2) is 9.70. The van der Waals surface area contributed by atoms with Crippen LogP contribution in [0.15, 0.2) is 35.7 Å². The number of anilines is 2. The van der Waals surface area contributed by atoms with Crippen LogP contribution in [-0.2, 0) is 16.6 Å². The molecule has 1 aliphatic rings. The fourth-order valence-electron chi connectivity index (χ4n) is 4.16. The van der Waals surface area contributed by atoms with Crippen LogP contribution in [-0.4, -0.2) is 65.8 Å². The number of imide groups is 1. The van der Waals surface area contributed by atoms with Gasteiger partial charge in [-0.05, 0) is 30.0 Å². The van der Waals surface area contributed by atoms with E-state index in [0.29, 0.717) is 18.3 Å². The summed E-state index contributed by atoms with van der Waals surface area (Å²) < 4.78 is 8.76. The summed E-state index contributed by atoms with van der Waals surface area (Å²) in [5, 5.41) is 7.75. The first-order chi connectivity index (χ1) is 15.4. The first kappa shape index (κ1) is 22.3. The van der Waals surface area contributed by atoms with Crippen molar-refractivity contribution in [1.29, 1.82) is 0 Å². The van der Waals surface area contributed by atoms with Crippen LogP contribution >= 0.6 is 11.3 Å². The molecule has 0 radical (unpaired) electrons. The number of rotatable bonds is 7. The maximum Gasteiger partial charge on any atom is 0.231 e. The van der Waals surface area contributed by atoms with Crippen LogP contribution in [0.5, 0.6) is 5.88 Å². The molecule has 3 heterocycles. The average molecular weight is 456 g/mol. The molecule has 2 amide bonds. The van der Waals surface area contributed by atoms with E-state index in [1.807, 2.05) is 0 Å². The first-order valence-corrected chi connectivity index (χ1v) is 11.7. The Bertz CT molecular complexity index is 1090. The van der Waals surface area contributed by atoms with E-state index >= 15 is 0 Å². The van der Waals surface area contributed by atoms with Crippen molar-refractivity contribution < 1.29 is 14.3 Å². The zero-order valence-corrected chi connectivity index (χ0v) is 19.6. The van der Waals surface area contributed by atoms with Crippen LogP contribution in [0.2, 0.25) is 0 Å². The zero-order chi connectivity index (χ0) is 22.7. The molecule has 1 aromatic carbocycles. The van der Waals surface area contributed by atoms with E-state index in [4.69, 9.17) is 4.74 Å². The van der Waals surface area contributed by atoms with Gasteiger partial charge in [0.1, 0.15) is 0 Å². The van der Waals surface area contributed by atoms with Gasteiger partial charge in [0.05, 0.1) is 6.61 Å². The third-order valence-electron chi connectivity index (χ3n) is 5.74. The van der Waals surface area contributed by atoms with Crippen molar-refractivity contribution in [2.75, 3.05) is 49.1 Å². The molecule has 0 spiro atoms. The normalized spacial score (nSPS) is 14.7. The van der Waals surface area contributed by atoms with Gasteiger partial charge < -0.3 is 9.64 Å².